The van der Waals surface area contributed by atoms with Crippen LogP contribution in [0.2, 0.25) is 5.02 Å². The molecule has 0 N–H and O–H groups in total. The number of halogens is 1. The van der Waals surface area contributed by atoms with Gasteiger partial charge in [0.25, 0.3) is 5.69 Å². The lowest BCUT2D eigenvalue weighted by Crippen LogP contribution is -1.97. The number of nitrogens with zero attached hydrogens (tertiary/aromatic N) is 1. The van der Waals surface area contributed by atoms with Gasteiger partial charge in [0, 0.05) is 12.1 Å². The summed E-state index contributed by atoms with van der Waals surface area (Å²) in [5, 5.41) is 10.7. The fraction of sp³-hybridized carbons (Fsp3) is 0.400. The fourth-order valence-corrected chi connectivity index (χ4v) is 1.28. The summed E-state index contributed by atoms with van der Waals surface area (Å²) >= 11 is 5.82. The van der Waals surface area contributed by atoms with Crippen molar-refractivity contribution >= 4 is 17.3 Å². The van der Waals surface area contributed by atoms with Crippen molar-refractivity contribution in [3.63, 3.8) is 0 Å². The molecule has 0 aliphatic rings. The quantitative estimate of drug-likeness (QED) is 0.442. The van der Waals surface area contributed by atoms with Crippen LogP contribution >= 0.6 is 11.6 Å². The monoisotopic (exact) mass is 229 g/mol. The average molecular weight is 230 g/mol. The van der Waals surface area contributed by atoms with Crippen molar-refractivity contribution < 1.29 is 9.66 Å². The molecule has 0 aliphatic carbocycles. The molecule has 0 fully saturated rings. The third kappa shape index (κ3) is 3.40. The van der Waals surface area contributed by atoms with Crippen molar-refractivity contribution in [1.29, 1.82) is 0 Å². The Labute approximate surface area is 93.0 Å². The van der Waals surface area contributed by atoms with E-state index in [4.69, 9.17) is 16.3 Å². The van der Waals surface area contributed by atoms with Crippen LogP contribution in [0.5, 0.6) is 5.75 Å². The lowest BCUT2D eigenvalue weighted by molar-refractivity contribution is -0.384. The first-order valence-corrected chi connectivity index (χ1v) is 5.09. The highest BCUT2D eigenvalue weighted by Crippen LogP contribution is 2.28. The zero-order valence-corrected chi connectivity index (χ0v) is 9.16. The third-order valence-electron chi connectivity index (χ3n) is 1.88. The SMILES string of the molecule is CCCCOc1ccc([N+](=O)[O-])cc1Cl. The second-order valence-corrected chi connectivity index (χ2v) is 3.48. The van der Waals surface area contributed by atoms with E-state index in [9.17, 15) is 10.1 Å². The molecule has 0 amide bonds. The largest absolute Gasteiger partial charge is 0.492 e. The van der Waals surface area contributed by atoms with Crippen LogP contribution < -0.4 is 4.74 Å². The van der Waals surface area contributed by atoms with Gasteiger partial charge >= 0.3 is 0 Å². The summed E-state index contributed by atoms with van der Waals surface area (Å²) in [6, 6.07) is 4.20. The van der Waals surface area contributed by atoms with Crippen LogP contribution in [0.25, 0.3) is 0 Å². The highest BCUT2D eigenvalue weighted by atomic mass is 35.5. The molecule has 15 heavy (non-hydrogen) atoms. The molecule has 1 aromatic rings. The smallest absolute Gasteiger partial charge is 0.271 e. The second kappa shape index (κ2) is 5.56. The van der Waals surface area contributed by atoms with Gasteiger partial charge in [-0.1, -0.05) is 24.9 Å². The highest BCUT2D eigenvalue weighted by Gasteiger charge is 2.09. The normalized spacial score (nSPS) is 10.0. The van der Waals surface area contributed by atoms with E-state index in [0.29, 0.717) is 12.4 Å². The van der Waals surface area contributed by atoms with Gasteiger partial charge in [0.2, 0.25) is 0 Å². The summed E-state index contributed by atoms with van der Waals surface area (Å²) in [5.41, 5.74) is -0.0251. The predicted molar refractivity (Wildman–Crippen MR) is 58.5 cm³/mol. The van der Waals surface area contributed by atoms with Gasteiger partial charge in [-0.3, -0.25) is 10.1 Å². The predicted octanol–water partition coefficient (Wildman–Crippen LogP) is 3.43. The van der Waals surface area contributed by atoms with Crippen LogP contribution in [0.4, 0.5) is 5.69 Å². The molecule has 0 heterocycles. The van der Waals surface area contributed by atoms with Crippen LogP contribution in [0, 0.1) is 10.1 Å². The van der Waals surface area contributed by atoms with Crippen molar-refractivity contribution in [2.24, 2.45) is 0 Å². The summed E-state index contributed by atoms with van der Waals surface area (Å²) in [6.07, 6.45) is 1.97. The Hall–Kier alpha value is -1.29. The molecule has 0 atom stereocenters. The first-order chi connectivity index (χ1) is 7.15. The van der Waals surface area contributed by atoms with E-state index in [2.05, 4.69) is 6.92 Å². The minimum absolute atomic E-state index is 0.0251. The van der Waals surface area contributed by atoms with E-state index >= 15 is 0 Å². The molecule has 4 nitrogen and oxygen atoms in total. The first kappa shape index (κ1) is 11.8. The Morgan fingerprint density at radius 3 is 2.80 bits per heavy atom. The molecule has 0 saturated heterocycles. The summed E-state index contributed by atoms with van der Waals surface area (Å²) < 4.78 is 5.36. The van der Waals surface area contributed by atoms with Crippen LogP contribution in [0.1, 0.15) is 19.8 Å². The zero-order chi connectivity index (χ0) is 11.3. The van der Waals surface area contributed by atoms with Crippen LogP contribution in [-0.4, -0.2) is 11.5 Å². The Bertz CT molecular complexity index is 355. The van der Waals surface area contributed by atoms with Crippen molar-refractivity contribution in [2.45, 2.75) is 19.8 Å². The minimum atomic E-state index is -0.484. The molecule has 82 valence electrons. The van der Waals surface area contributed by atoms with Crippen molar-refractivity contribution in [3.05, 3.63) is 33.3 Å². The summed E-state index contributed by atoms with van der Waals surface area (Å²) in [5.74, 6) is 0.496. The topological polar surface area (TPSA) is 52.4 Å². The van der Waals surface area contributed by atoms with Gasteiger partial charge in [-0.05, 0) is 12.5 Å². The molecule has 0 bridgehead atoms. The van der Waals surface area contributed by atoms with E-state index < -0.39 is 4.92 Å². The average Bonchev–Trinajstić information content (AvgIpc) is 2.20. The van der Waals surface area contributed by atoms with Crippen molar-refractivity contribution in [2.75, 3.05) is 6.61 Å². The molecular formula is C10H12ClNO3. The number of benzene rings is 1. The molecule has 0 unspecified atom stereocenters. The molecule has 0 radical (unpaired) electrons. The van der Waals surface area contributed by atoms with E-state index in [-0.39, 0.29) is 10.7 Å². The lowest BCUT2D eigenvalue weighted by atomic mass is 10.3. The molecule has 1 rings (SSSR count). The lowest BCUT2D eigenvalue weighted by Gasteiger charge is -2.06. The van der Waals surface area contributed by atoms with Gasteiger partial charge < -0.3 is 4.74 Å². The highest BCUT2D eigenvalue weighted by molar-refractivity contribution is 6.32. The standard InChI is InChI=1S/C10H12ClNO3/c1-2-3-6-15-10-5-4-8(12(13)14)7-9(10)11/h4-5,7H,2-3,6H2,1H3. The van der Waals surface area contributed by atoms with E-state index in [1.165, 1.54) is 18.2 Å². The Morgan fingerprint density at radius 2 is 2.27 bits per heavy atom. The first-order valence-electron chi connectivity index (χ1n) is 4.72. The number of non-ortho nitro benzene ring substituents is 1. The number of rotatable bonds is 5. The molecule has 0 spiro atoms. The van der Waals surface area contributed by atoms with Gasteiger partial charge in [0.15, 0.2) is 0 Å². The van der Waals surface area contributed by atoms with Crippen LogP contribution in [0.15, 0.2) is 18.2 Å². The van der Waals surface area contributed by atoms with E-state index in [1.807, 2.05) is 0 Å². The number of nitro groups is 1. The Kier molecular flexibility index (Phi) is 4.37. The van der Waals surface area contributed by atoms with Crippen LogP contribution in [-0.2, 0) is 0 Å². The number of unbranched alkanes of at least 4 members (excludes halogenated alkanes) is 1. The Balaban J connectivity index is 2.70. The summed E-state index contributed by atoms with van der Waals surface area (Å²) in [6.45, 7) is 2.63. The zero-order valence-electron chi connectivity index (χ0n) is 8.40. The maximum atomic E-state index is 10.4. The fourth-order valence-electron chi connectivity index (χ4n) is 1.05. The summed E-state index contributed by atoms with van der Waals surface area (Å²) in [7, 11) is 0. The van der Waals surface area contributed by atoms with E-state index in [1.54, 1.807) is 0 Å². The van der Waals surface area contributed by atoms with Gasteiger partial charge in [-0.2, -0.15) is 0 Å². The number of ether oxygens (including phenoxy) is 1. The van der Waals surface area contributed by atoms with Gasteiger partial charge in [-0.25, -0.2) is 0 Å². The van der Waals surface area contributed by atoms with Gasteiger partial charge in [-0.15, -0.1) is 0 Å². The maximum absolute atomic E-state index is 10.4. The number of nitro benzene ring substituents is 1. The maximum Gasteiger partial charge on any atom is 0.271 e. The third-order valence-corrected chi connectivity index (χ3v) is 2.18. The molecular weight excluding hydrogens is 218 g/mol. The Morgan fingerprint density at radius 1 is 1.53 bits per heavy atom. The number of hydrogen-bond donors (Lipinski definition) is 0. The molecule has 0 aliphatic heterocycles. The summed E-state index contributed by atoms with van der Waals surface area (Å²) in [4.78, 5) is 9.95. The van der Waals surface area contributed by atoms with Gasteiger partial charge in [0.05, 0.1) is 16.6 Å². The molecule has 0 aromatic heterocycles. The van der Waals surface area contributed by atoms with Crippen molar-refractivity contribution in [1.82, 2.24) is 0 Å². The molecule has 0 saturated carbocycles. The minimum Gasteiger partial charge on any atom is -0.492 e. The molecule has 1 aromatic carbocycles. The van der Waals surface area contributed by atoms with E-state index in [0.717, 1.165) is 12.8 Å². The second-order valence-electron chi connectivity index (χ2n) is 3.07. The van der Waals surface area contributed by atoms with Crippen molar-refractivity contribution in [3.8, 4) is 5.75 Å². The number of hydrogen-bond acceptors (Lipinski definition) is 3. The molecule has 5 heteroatoms. The van der Waals surface area contributed by atoms with Gasteiger partial charge in [0.1, 0.15) is 5.75 Å². The van der Waals surface area contributed by atoms with Crippen LogP contribution in [0.3, 0.4) is 0 Å².